The second kappa shape index (κ2) is 18.4. The van der Waals surface area contributed by atoms with Gasteiger partial charge in [0.1, 0.15) is 0 Å². The maximum absolute atomic E-state index is 2.33. The van der Waals surface area contributed by atoms with Gasteiger partial charge in [0.15, 0.2) is 0 Å². The molecule has 0 aromatic rings. The molecule has 0 N–H and O–H groups in total. The average Bonchev–Trinajstić information content (AvgIpc) is 2.37. The fraction of sp³-hybridized carbons (Fsp3) is 1.00. The van der Waals surface area contributed by atoms with E-state index in [1.165, 1.54) is 82.0 Å². The van der Waals surface area contributed by atoms with Gasteiger partial charge in [0.2, 0.25) is 0 Å². The summed E-state index contributed by atoms with van der Waals surface area (Å²) in [6, 6.07) is 0. The van der Waals surface area contributed by atoms with Gasteiger partial charge in [-0.2, -0.15) is 0 Å². The summed E-state index contributed by atoms with van der Waals surface area (Å²) in [6.45, 7) is 15.0. The number of quaternary nitrogens is 1. The maximum atomic E-state index is 2.33. The van der Waals surface area contributed by atoms with Gasteiger partial charge in [0, 0.05) is 0 Å². The van der Waals surface area contributed by atoms with E-state index in [0.717, 1.165) is 0 Å². The predicted molar refractivity (Wildman–Crippen MR) is 95.9 cm³/mol. The van der Waals surface area contributed by atoms with Gasteiger partial charge in [-0.05, 0) is 25.7 Å². The van der Waals surface area contributed by atoms with Gasteiger partial charge in [0.25, 0.3) is 0 Å². The van der Waals surface area contributed by atoms with E-state index < -0.39 is 0 Å². The number of halogens is 1. The summed E-state index contributed by atoms with van der Waals surface area (Å²) in [6.07, 6.45) is 11.1. The molecule has 0 atom stereocenters. The summed E-state index contributed by atoms with van der Waals surface area (Å²) in [7, 11) is 0. The van der Waals surface area contributed by atoms with Crippen molar-refractivity contribution in [3.05, 3.63) is 0 Å². The van der Waals surface area contributed by atoms with Crippen molar-refractivity contribution in [3.8, 4) is 0 Å². The quantitative estimate of drug-likeness (QED) is 0.264. The Hall–Kier alpha value is 2.33. The Morgan fingerprint density at radius 1 is 0.579 bits per heavy atom. The zero-order valence-electron chi connectivity index (χ0n) is 15.3. The van der Waals surface area contributed by atoms with Crippen LogP contribution in [0.25, 0.3) is 0 Å². The molecule has 19 heavy (non-hydrogen) atoms. The molecule has 0 aliphatic rings. The van der Waals surface area contributed by atoms with Crippen LogP contribution in [0, 0.1) is 0 Å². The van der Waals surface area contributed by atoms with Crippen LogP contribution in [0.1, 0.15) is 80.5 Å². The normalized spacial score (nSPS) is 10.7. The first kappa shape index (κ1) is 26.2. The Kier molecular flexibility index (Phi) is 25.4. The van der Waals surface area contributed by atoms with Crippen molar-refractivity contribution in [2.75, 3.05) is 26.2 Å². The molecule has 0 radical (unpaired) electrons. The Bertz CT molecular complexity index is 133. The molecule has 0 aliphatic carbocycles. The van der Waals surface area contributed by atoms with Crippen LogP contribution in [0.3, 0.4) is 0 Å². The second-order valence-corrected chi connectivity index (χ2v) is 5.65. The molecule has 0 saturated heterocycles. The maximum Gasteiger partial charge on any atom is 1.00 e. The summed E-state index contributed by atoms with van der Waals surface area (Å²) in [4.78, 5) is 0. The van der Waals surface area contributed by atoms with Gasteiger partial charge in [-0.3, -0.25) is 0 Å². The fourth-order valence-corrected chi connectivity index (χ4v) is 2.64. The molecule has 0 fully saturated rings. The Balaban J connectivity index is -0.000000427. The number of unbranched alkanes of at least 4 members (excludes halogenated alkanes) is 4. The Labute approximate surface area is 184 Å². The average molecular weight is 410 g/mol. The monoisotopic (exact) mass is 410 g/mol. The van der Waals surface area contributed by atoms with E-state index in [9.17, 15) is 0 Å². The van der Waals surface area contributed by atoms with Crippen LogP contribution in [0.15, 0.2) is 0 Å². The van der Waals surface area contributed by atoms with Gasteiger partial charge in [-0.15, -0.1) is 24.0 Å². The van der Waals surface area contributed by atoms with Gasteiger partial charge in [-0.1, -0.05) is 53.4 Å². The summed E-state index contributed by atoms with van der Waals surface area (Å²) in [5.74, 6) is 0. The van der Waals surface area contributed by atoms with Crippen molar-refractivity contribution >= 4 is 24.0 Å². The third-order valence-corrected chi connectivity index (χ3v) is 3.94. The first-order valence-electron chi connectivity index (χ1n) is 8.09. The van der Waals surface area contributed by atoms with Crippen molar-refractivity contribution in [1.29, 1.82) is 0 Å². The Morgan fingerprint density at radius 2 is 0.789 bits per heavy atom. The van der Waals surface area contributed by atoms with Crippen molar-refractivity contribution in [3.63, 3.8) is 0 Å². The van der Waals surface area contributed by atoms with E-state index in [-0.39, 0.29) is 76.8 Å². The van der Waals surface area contributed by atoms with Crippen LogP contribution in [0.2, 0.25) is 0 Å². The smallest absolute Gasteiger partial charge is 1.00 e. The molecule has 0 rings (SSSR count). The van der Waals surface area contributed by atoms with Crippen LogP contribution in [0.5, 0.6) is 0 Å². The first-order chi connectivity index (χ1) is 8.24. The van der Waals surface area contributed by atoms with Gasteiger partial charge >= 0.3 is 51.4 Å². The minimum Gasteiger partial charge on any atom is -1.00 e. The molecule has 0 heterocycles. The van der Waals surface area contributed by atoms with Crippen LogP contribution < -0.4 is 51.4 Å². The molecule has 0 saturated carbocycles. The van der Waals surface area contributed by atoms with E-state index in [2.05, 4.69) is 27.7 Å². The molecular formula is C16H38IKN+. The molecule has 3 heteroatoms. The van der Waals surface area contributed by atoms with E-state index in [4.69, 9.17) is 0 Å². The number of nitrogens with zero attached hydrogens (tertiary/aromatic N) is 1. The van der Waals surface area contributed by atoms with Crippen LogP contribution in [-0.4, -0.2) is 30.7 Å². The van der Waals surface area contributed by atoms with Crippen molar-refractivity contribution in [2.45, 2.75) is 79.1 Å². The van der Waals surface area contributed by atoms with Crippen LogP contribution >= 0.6 is 24.0 Å². The molecule has 0 aromatic heterocycles. The molecule has 0 unspecified atom stereocenters. The van der Waals surface area contributed by atoms with Gasteiger partial charge in [-0.25, -0.2) is 0 Å². The summed E-state index contributed by atoms with van der Waals surface area (Å²) < 4.78 is 1.42. The van der Waals surface area contributed by atoms with Crippen molar-refractivity contribution < 1.29 is 57.3 Å². The molecule has 114 valence electrons. The molecular weight excluding hydrogens is 372 g/mol. The molecule has 0 bridgehead atoms. The minimum atomic E-state index is 0. The third kappa shape index (κ3) is 13.7. The van der Waals surface area contributed by atoms with E-state index in [1.807, 2.05) is 0 Å². The van der Waals surface area contributed by atoms with Crippen molar-refractivity contribution in [1.82, 2.24) is 0 Å². The van der Waals surface area contributed by atoms with Crippen LogP contribution in [0.4, 0.5) is 0 Å². The topological polar surface area (TPSA) is 0 Å². The standard InChI is InChI=1S/C16H36N.HI.K.H/c1-5-9-13-17(14-10-6-2,15-11-7-3)16-12-8-4;;;/h5-16H2,1-4H3;1H;;/q+1;;+1;-1. The Morgan fingerprint density at radius 3 is 0.947 bits per heavy atom. The minimum absolute atomic E-state index is 0. The number of hydrogen-bond donors (Lipinski definition) is 0. The van der Waals surface area contributed by atoms with Crippen LogP contribution in [-0.2, 0) is 0 Å². The molecule has 0 amide bonds. The third-order valence-electron chi connectivity index (χ3n) is 3.94. The number of rotatable bonds is 12. The van der Waals surface area contributed by atoms with E-state index >= 15 is 0 Å². The predicted octanol–water partition coefficient (Wildman–Crippen LogP) is 2.74. The van der Waals surface area contributed by atoms with E-state index in [0.29, 0.717) is 0 Å². The largest absolute Gasteiger partial charge is 1.00 e. The summed E-state index contributed by atoms with van der Waals surface area (Å²) >= 11 is 0. The molecule has 0 aromatic carbocycles. The van der Waals surface area contributed by atoms with Gasteiger partial charge < -0.3 is 5.91 Å². The van der Waals surface area contributed by atoms with E-state index in [1.54, 1.807) is 0 Å². The SMILES string of the molecule is CCCC[N+](CCCC)(CCCC)CCCC.I.[H-].[K+]. The fourth-order valence-electron chi connectivity index (χ4n) is 2.64. The molecule has 0 spiro atoms. The first-order valence-corrected chi connectivity index (χ1v) is 8.09. The zero-order chi connectivity index (χ0) is 13.0. The molecule has 0 aliphatic heterocycles. The van der Waals surface area contributed by atoms with Gasteiger partial charge in [0.05, 0.1) is 26.2 Å². The summed E-state index contributed by atoms with van der Waals surface area (Å²) in [5, 5.41) is 0. The number of hydrogen-bond acceptors (Lipinski definition) is 0. The van der Waals surface area contributed by atoms with Crippen molar-refractivity contribution in [2.24, 2.45) is 0 Å². The zero-order valence-corrected chi connectivity index (χ0v) is 19.8. The molecule has 1 nitrogen and oxygen atoms in total. The second-order valence-electron chi connectivity index (χ2n) is 5.65. The summed E-state index contributed by atoms with van der Waals surface area (Å²) in [5.41, 5.74) is 0.